The molecule has 3 rings (SSSR count). The number of esters is 1. The summed E-state index contributed by atoms with van der Waals surface area (Å²) in [6.07, 6.45) is 0. The van der Waals surface area contributed by atoms with Crippen LogP contribution < -0.4 is 10.1 Å². The third-order valence-electron chi connectivity index (χ3n) is 3.61. The highest BCUT2D eigenvalue weighted by Gasteiger charge is 2.14. The summed E-state index contributed by atoms with van der Waals surface area (Å²) < 4.78 is 10.4. The number of benzene rings is 2. The van der Waals surface area contributed by atoms with Gasteiger partial charge in [-0.15, -0.1) is 0 Å². The summed E-state index contributed by atoms with van der Waals surface area (Å²) in [5, 5.41) is 3.22. The molecule has 2 aromatic carbocycles. The number of ether oxygens (including phenoxy) is 2. The number of fused-ring (bicyclic) bond motifs is 1. The number of amidine groups is 1. The molecule has 0 spiro atoms. The molecule has 0 saturated carbocycles. The monoisotopic (exact) mass is 310 g/mol. The molecular formula is C18H18N2O3. The van der Waals surface area contributed by atoms with Gasteiger partial charge in [-0.1, -0.05) is 30.3 Å². The molecule has 0 fully saturated rings. The van der Waals surface area contributed by atoms with Gasteiger partial charge in [0, 0.05) is 5.56 Å². The van der Waals surface area contributed by atoms with Crippen LogP contribution >= 0.6 is 0 Å². The standard InChI is InChI=1S/C18H18N2O3/c1-22-15-7-4-6-13(11-15)18(21)23-10-9-19-17-16-8-3-2-5-14(16)12-20-17/h2-8,11H,9-10,12H2,1H3,(H,19,20). The molecule has 0 unspecified atom stereocenters. The highest BCUT2D eigenvalue weighted by atomic mass is 16.5. The summed E-state index contributed by atoms with van der Waals surface area (Å²) in [5.41, 5.74) is 2.81. The van der Waals surface area contributed by atoms with Gasteiger partial charge in [0.15, 0.2) is 0 Å². The molecule has 1 N–H and O–H groups in total. The fraction of sp³-hybridized carbons (Fsp3) is 0.222. The minimum absolute atomic E-state index is 0.275. The van der Waals surface area contributed by atoms with Crippen LogP contribution in [0.15, 0.2) is 53.5 Å². The number of hydrogen-bond donors (Lipinski definition) is 1. The minimum Gasteiger partial charge on any atom is -0.497 e. The van der Waals surface area contributed by atoms with Gasteiger partial charge >= 0.3 is 5.97 Å². The van der Waals surface area contributed by atoms with Gasteiger partial charge in [0.05, 0.1) is 25.8 Å². The van der Waals surface area contributed by atoms with E-state index in [0.717, 1.165) is 11.4 Å². The van der Waals surface area contributed by atoms with Gasteiger partial charge in [0.25, 0.3) is 0 Å². The number of rotatable bonds is 5. The van der Waals surface area contributed by atoms with Crippen LogP contribution in [0.4, 0.5) is 0 Å². The van der Waals surface area contributed by atoms with Crippen LogP contribution in [0.2, 0.25) is 0 Å². The van der Waals surface area contributed by atoms with E-state index in [4.69, 9.17) is 9.47 Å². The number of carbonyl (C=O) groups is 1. The molecular weight excluding hydrogens is 292 g/mol. The number of methoxy groups -OCH3 is 1. The van der Waals surface area contributed by atoms with Crippen LogP contribution in [-0.2, 0) is 11.3 Å². The second kappa shape index (κ2) is 6.96. The second-order valence-corrected chi connectivity index (χ2v) is 5.12. The van der Waals surface area contributed by atoms with Crippen molar-refractivity contribution in [1.82, 2.24) is 5.32 Å². The van der Waals surface area contributed by atoms with Crippen molar-refractivity contribution in [3.63, 3.8) is 0 Å². The van der Waals surface area contributed by atoms with Gasteiger partial charge in [-0.3, -0.25) is 4.99 Å². The van der Waals surface area contributed by atoms with Crippen LogP contribution in [0.3, 0.4) is 0 Å². The maximum absolute atomic E-state index is 12.0. The molecule has 0 bridgehead atoms. The maximum Gasteiger partial charge on any atom is 0.338 e. The van der Waals surface area contributed by atoms with E-state index in [1.54, 1.807) is 31.4 Å². The Kier molecular flexibility index (Phi) is 4.57. The molecule has 0 amide bonds. The van der Waals surface area contributed by atoms with Gasteiger partial charge in [-0.05, 0) is 23.8 Å². The zero-order valence-electron chi connectivity index (χ0n) is 12.9. The van der Waals surface area contributed by atoms with E-state index in [-0.39, 0.29) is 12.6 Å². The first-order valence-corrected chi connectivity index (χ1v) is 7.45. The lowest BCUT2D eigenvalue weighted by atomic mass is 10.1. The SMILES string of the molecule is COc1cccc(C(=O)OCCNC2=NCc3ccccc32)c1. The Morgan fingerprint density at radius 2 is 2.09 bits per heavy atom. The Balaban J connectivity index is 1.48. The van der Waals surface area contributed by atoms with E-state index in [1.165, 1.54) is 5.56 Å². The first kappa shape index (κ1) is 15.1. The second-order valence-electron chi connectivity index (χ2n) is 5.12. The van der Waals surface area contributed by atoms with Crippen molar-refractivity contribution in [2.45, 2.75) is 6.54 Å². The van der Waals surface area contributed by atoms with E-state index in [0.29, 0.717) is 24.4 Å². The summed E-state index contributed by atoms with van der Waals surface area (Å²) in [5.74, 6) is 1.13. The fourth-order valence-corrected chi connectivity index (χ4v) is 2.44. The van der Waals surface area contributed by atoms with Crippen molar-refractivity contribution >= 4 is 11.8 Å². The Bertz CT molecular complexity index is 741. The Morgan fingerprint density at radius 1 is 1.22 bits per heavy atom. The molecule has 2 aromatic rings. The van der Waals surface area contributed by atoms with E-state index >= 15 is 0 Å². The predicted molar refractivity (Wildman–Crippen MR) is 88.0 cm³/mol. The molecule has 118 valence electrons. The topological polar surface area (TPSA) is 59.9 Å². The molecule has 0 atom stereocenters. The molecule has 0 saturated heterocycles. The van der Waals surface area contributed by atoms with Crippen molar-refractivity contribution in [3.05, 3.63) is 65.2 Å². The first-order chi connectivity index (χ1) is 11.3. The lowest BCUT2D eigenvalue weighted by Gasteiger charge is -2.09. The number of aliphatic imine (C=N–C) groups is 1. The Hall–Kier alpha value is -2.82. The summed E-state index contributed by atoms with van der Waals surface area (Å²) >= 11 is 0. The van der Waals surface area contributed by atoms with Crippen LogP contribution in [0.5, 0.6) is 5.75 Å². The first-order valence-electron chi connectivity index (χ1n) is 7.45. The zero-order valence-corrected chi connectivity index (χ0v) is 12.9. The van der Waals surface area contributed by atoms with Crippen molar-refractivity contribution in [3.8, 4) is 5.75 Å². The van der Waals surface area contributed by atoms with E-state index < -0.39 is 0 Å². The van der Waals surface area contributed by atoms with Crippen LogP contribution in [-0.4, -0.2) is 32.1 Å². The smallest absolute Gasteiger partial charge is 0.338 e. The van der Waals surface area contributed by atoms with Gasteiger partial charge in [0.1, 0.15) is 18.2 Å². The molecule has 1 heterocycles. The van der Waals surface area contributed by atoms with Crippen LogP contribution in [0, 0.1) is 0 Å². The summed E-state index contributed by atoms with van der Waals surface area (Å²) in [4.78, 5) is 16.4. The lowest BCUT2D eigenvalue weighted by molar-refractivity contribution is 0.0512. The molecule has 0 aromatic heterocycles. The average molecular weight is 310 g/mol. The third-order valence-corrected chi connectivity index (χ3v) is 3.61. The molecule has 5 nitrogen and oxygen atoms in total. The van der Waals surface area contributed by atoms with Gasteiger partial charge in [0.2, 0.25) is 0 Å². The third kappa shape index (κ3) is 3.51. The normalized spacial score (nSPS) is 12.3. The summed E-state index contributed by atoms with van der Waals surface area (Å²) in [6, 6.07) is 15.0. The maximum atomic E-state index is 12.0. The van der Waals surface area contributed by atoms with Crippen molar-refractivity contribution < 1.29 is 14.3 Å². The van der Waals surface area contributed by atoms with Crippen molar-refractivity contribution in [2.75, 3.05) is 20.3 Å². The van der Waals surface area contributed by atoms with Gasteiger partial charge in [-0.2, -0.15) is 0 Å². The molecule has 1 aliphatic heterocycles. The quantitative estimate of drug-likeness (QED) is 0.680. The van der Waals surface area contributed by atoms with Crippen molar-refractivity contribution in [2.24, 2.45) is 4.99 Å². The molecule has 5 heteroatoms. The predicted octanol–water partition coefficient (Wildman–Crippen LogP) is 2.40. The molecule has 23 heavy (non-hydrogen) atoms. The zero-order chi connectivity index (χ0) is 16.1. The highest BCUT2D eigenvalue weighted by molar-refractivity contribution is 6.01. The summed E-state index contributed by atoms with van der Waals surface area (Å²) in [7, 11) is 1.56. The van der Waals surface area contributed by atoms with Gasteiger partial charge in [-0.25, -0.2) is 4.79 Å². The fourth-order valence-electron chi connectivity index (χ4n) is 2.44. The highest BCUT2D eigenvalue weighted by Crippen LogP contribution is 2.17. The van der Waals surface area contributed by atoms with E-state index in [9.17, 15) is 4.79 Å². The Labute approximate surface area is 135 Å². The van der Waals surface area contributed by atoms with E-state index in [1.807, 2.05) is 18.2 Å². The number of hydrogen-bond acceptors (Lipinski definition) is 5. The number of nitrogens with zero attached hydrogens (tertiary/aromatic N) is 1. The largest absolute Gasteiger partial charge is 0.497 e. The minimum atomic E-state index is -0.362. The lowest BCUT2D eigenvalue weighted by Crippen LogP contribution is -2.27. The molecule has 1 aliphatic rings. The summed E-state index contributed by atoms with van der Waals surface area (Å²) in [6.45, 7) is 1.49. The number of nitrogens with one attached hydrogen (secondary N) is 1. The van der Waals surface area contributed by atoms with Crippen LogP contribution in [0.25, 0.3) is 0 Å². The molecule has 0 radical (unpaired) electrons. The number of carbonyl (C=O) groups excluding carboxylic acids is 1. The Morgan fingerprint density at radius 3 is 2.96 bits per heavy atom. The van der Waals surface area contributed by atoms with E-state index in [2.05, 4.69) is 16.4 Å². The average Bonchev–Trinajstić information content (AvgIpc) is 3.02. The van der Waals surface area contributed by atoms with Gasteiger partial charge < -0.3 is 14.8 Å². The van der Waals surface area contributed by atoms with Crippen molar-refractivity contribution in [1.29, 1.82) is 0 Å². The molecule has 0 aliphatic carbocycles. The van der Waals surface area contributed by atoms with Crippen LogP contribution in [0.1, 0.15) is 21.5 Å².